The molecule has 1 aliphatic carbocycles. The van der Waals surface area contributed by atoms with Gasteiger partial charge >= 0.3 is 0 Å². The van der Waals surface area contributed by atoms with Gasteiger partial charge in [-0.3, -0.25) is 4.98 Å². The van der Waals surface area contributed by atoms with Gasteiger partial charge < -0.3 is 5.11 Å². The molecule has 1 aromatic rings. The maximum absolute atomic E-state index is 10.4. The molecule has 17 heavy (non-hydrogen) atoms. The molecule has 1 aromatic heterocycles. The molecule has 0 bridgehead atoms. The van der Waals surface area contributed by atoms with E-state index < -0.39 is 0 Å². The van der Waals surface area contributed by atoms with Crippen LogP contribution in [0.3, 0.4) is 0 Å². The molecule has 0 saturated heterocycles. The van der Waals surface area contributed by atoms with Crippen molar-refractivity contribution in [1.29, 1.82) is 0 Å². The normalized spacial score (nSPS) is 31.2. The van der Waals surface area contributed by atoms with Crippen molar-refractivity contribution >= 4 is 15.9 Å². The topological polar surface area (TPSA) is 33.1 Å². The Labute approximate surface area is 112 Å². The summed E-state index contributed by atoms with van der Waals surface area (Å²) in [6.07, 6.45) is 6.63. The van der Waals surface area contributed by atoms with Gasteiger partial charge in [-0.15, -0.1) is 0 Å². The number of rotatable bonds is 2. The minimum Gasteiger partial charge on any atom is -0.388 e. The minimum atomic E-state index is -0.366. The maximum Gasteiger partial charge on any atom is 0.0833 e. The van der Waals surface area contributed by atoms with Crippen LogP contribution in [0.25, 0.3) is 0 Å². The van der Waals surface area contributed by atoms with Gasteiger partial charge in [-0.25, -0.2) is 0 Å². The standard InChI is InChI=1S/C14H20BrNO/c1-9-3-4-11(5-10(9)2)14(17)12-6-13(15)8-16-7-12/h6-11,14,17H,3-5H2,1-2H3. The van der Waals surface area contributed by atoms with Gasteiger partial charge in [0.15, 0.2) is 0 Å². The first-order valence-corrected chi connectivity index (χ1v) is 7.15. The second kappa shape index (κ2) is 5.49. The van der Waals surface area contributed by atoms with E-state index in [0.717, 1.165) is 28.8 Å². The zero-order valence-electron chi connectivity index (χ0n) is 10.4. The Morgan fingerprint density at radius 3 is 2.71 bits per heavy atom. The molecule has 1 N–H and O–H groups in total. The molecule has 2 rings (SSSR count). The molecule has 3 heteroatoms. The van der Waals surface area contributed by atoms with Crippen LogP contribution in [0, 0.1) is 17.8 Å². The molecule has 1 aliphatic rings. The Balaban J connectivity index is 2.07. The molecule has 0 amide bonds. The molecule has 2 nitrogen and oxygen atoms in total. The predicted molar refractivity (Wildman–Crippen MR) is 72.6 cm³/mol. The summed E-state index contributed by atoms with van der Waals surface area (Å²) < 4.78 is 0.936. The lowest BCUT2D eigenvalue weighted by atomic mass is 9.73. The summed E-state index contributed by atoms with van der Waals surface area (Å²) in [6.45, 7) is 4.61. The van der Waals surface area contributed by atoms with E-state index in [1.165, 1.54) is 6.42 Å². The van der Waals surface area contributed by atoms with Gasteiger partial charge in [0.2, 0.25) is 0 Å². The van der Waals surface area contributed by atoms with Crippen molar-refractivity contribution in [2.24, 2.45) is 17.8 Å². The zero-order chi connectivity index (χ0) is 12.4. The summed E-state index contributed by atoms with van der Waals surface area (Å²) >= 11 is 3.40. The van der Waals surface area contributed by atoms with E-state index in [-0.39, 0.29) is 6.10 Å². The first-order chi connectivity index (χ1) is 8.08. The second-order valence-electron chi connectivity index (χ2n) is 5.41. The van der Waals surface area contributed by atoms with E-state index in [1.54, 1.807) is 12.4 Å². The van der Waals surface area contributed by atoms with Crippen molar-refractivity contribution in [3.63, 3.8) is 0 Å². The van der Waals surface area contributed by atoms with Crippen LogP contribution in [0.15, 0.2) is 22.9 Å². The number of aliphatic hydroxyl groups is 1. The van der Waals surface area contributed by atoms with Crippen molar-refractivity contribution in [2.45, 2.75) is 39.2 Å². The Kier molecular flexibility index (Phi) is 4.21. The van der Waals surface area contributed by atoms with Gasteiger partial charge in [0.25, 0.3) is 0 Å². The Hall–Kier alpha value is -0.410. The fourth-order valence-corrected chi connectivity index (χ4v) is 3.12. The third kappa shape index (κ3) is 3.08. The molecular weight excluding hydrogens is 278 g/mol. The van der Waals surface area contributed by atoms with Gasteiger partial charge in [-0.1, -0.05) is 20.3 Å². The fourth-order valence-electron chi connectivity index (χ4n) is 2.74. The summed E-state index contributed by atoms with van der Waals surface area (Å²) in [6, 6.07) is 1.97. The summed E-state index contributed by atoms with van der Waals surface area (Å²) in [7, 11) is 0. The molecule has 0 spiro atoms. The summed E-state index contributed by atoms with van der Waals surface area (Å²) in [5.74, 6) is 1.89. The van der Waals surface area contributed by atoms with Crippen LogP contribution in [-0.2, 0) is 0 Å². The number of hydrogen-bond acceptors (Lipinski definition) is 2. The van der Waals surface area contributed by atoms with Crippen LogP contribution in [0.2, 0.25) is 0 Å². The third-order valence-electron chi connectivity index (χ3n) is 4.15. The lowest BCUT2D eigenvalue weighted by Crippen LogP contribution is -2.25. The van der Waals surface area contributed by atoms with Gasteiger partial charge in [0.05, 0.1) is 6.10 Å². The number of aliphatic hydroxyl groups excluding tert-OH is 1. The van der Waals surface area contributed by atoms with E-state index in [9.17, 15) is 5.11 Å². The highest BCUT2D eigenvalue weighted by atomic mass is 79.9. The number of hydrogen-bond donors (Lipinski definition) is 1. The zero-order valence-corrected chi connectivity index (χ0v) is 12.0. The van der Waals surface area contributed by atoms with Gasteiger partial charge in [-0.2, -0.15) is 0 Å². The van der Waals surface area contributed by atoms with Crippen LogP contribution >= 0.6 is 15.9 Å². The van der Waals surface area contributed by atoms with Crippen molar-refractivity contribution in [2.75, 3.05) is 0 Å². The van der Waals surface area contributed by atoms with Crippen molar-refractivity contribution in [3.8, 4) is 0 Å². The van der Waals surface area contributed by atoms with Crippen molar-refractivity contribution in [3.05, 3.63) is 28.5 Å². The van der Waals surface area contributed by atoms with Gasteiger partial charge in [-0.05, 0) is 52.6 Å². The van der Waals surface area contributed by atoms with E-state index in [1.807, 2.05) is 6.07 Å². The largest absolute Gasteiger partial charge is 0.388 e. The lowest BCUT2D eigenvalue weighted by molar-refractivity contribution is 0.0558. The highest BCUT2D eigenvalue weighted by molar-refractivity contribution is 9.10. The second-order valence-corrected chi connectivity index (χ2v) is 6.32. The average molecular weight is 298 g/mol. The minimum absolute atomic E-state index is 0.366. The van der Waals surface area contributed by atoms with Crippen LogP contribution in [0.4, 0.5) is 0 Å². The molecular formula is C14H20BrNO. The SMILES string of the molecule is CC1CCC(C(O)c2cncc(Br)c2)CC1C. The van der Waals surface area contributed by atoms with Gasteiger partial charge in [0.1, 0.15) is 0 Å². The molecule has 0 aliphatic heterocycles. The summed E-state index contributed by atoms with van der Waals surface area (Å²) in [5, 5.41) is 10.4. The molecule has 0 radical (unpaired) electrons. The Bertz CT molecular complexity index is 382. The van der Waals surface area contributed by atoms with E-state index in [0.29, 0.717) is 11.8 Å². The maximum atomic E-state index is 10.4. The van der Waals surface area contributed by atoms with Crippen LogP contribution in [0.1, 0.15) is 44.8 Å². The third-order valence-corrected chi connectivity index (χ3v) is 4.59. The molecule has 1 saturated carbocycles. The number of pyridine rings is 1. The first kappa shape index (κ1) is 13.0. The molecule has 1 heterocycles. The average Bonchev–Trinajstić information content (AvgIpc) is 2.32. The molecule has 0 aromatic carbocycles. The van der Waals surface area contributed by atoms with E-state index >= 15 is 0 Å². The first-order valence-electron chi connectivity index (χ1n) is 6.36. The van der Waals surface area contributed by atoms with Gasteiger partial charge in [0, 0.05) is 22.4 Å². The fraction of sp³-hybridized carbons (Fsp3) is 0.643. The monoisotopic (exact) mass is 297 g/mol. The number of halogens is 1. The molecule has 1 fully saturated rings. The Morgan fingerprint density at radius 1 is 1.29 bits per heavy atom. The van der Waals surface area contributed by atoms with Crippen LogP contribution in [0.5, 0.6) is 0 Å². The smallest absolute Gasteiger partial charge is 0.0833 e. The van der Waals surface area contributed by atoms with E-state index in [4.69, 9.17) is 0 Å². The highest BCUT2D eigenvalue weighted by Gasteiger charge is 2.30. The van der Waals surface area contributed by atoms with E-state index in [2.05, 4.69) is 34.8 Å². The number of aromatic nitrogens is 1. The van der Waals surface area contributed by atoms with Crippen molar-refractivity contribution in [1.82, 2.24) is 4.98 Å². The van der Waals surface area contributed by atoms with Crippen molar-refractivity contribution < 1.29 is 5.11 Å². The number of nitrogens with zero attached hydrogens (tertiary/aromatic N) is 1. The summed E-state index contributed by atoms with van der Waals surface area (Å²) in [5.41, 5.74) is 0.936. The molecule has 4 unspecified atom stereocenters. The highest BCUT2D eigenvalue weighted by Crippen LogP contribution is 2.39. The van der Waals surface area contributed by atoms with Crippen LogP contribution in [-0.4, -0.2) is 10.1 Å². The predicted octanol–water partition coefficient (Wildman–Crippen LogP) is 3.95. The quantitative estimate of drug-likeness (QED) is 0.897. The lowest BCUT2D eigenvalue weighted by Gasteiger charge is -2.34. The Morgan fingerprint density at radius 2 is 2.06 bits per heavy atom. The summed E-state index contributed by atoms with van der Waals surface area (Å²) in [4.78, 5) is 4.13. The molecule has 94 valence electrons. The molecule has 4 atom stereocenters. The van der Waals surface area contributed by atoms with Crippen LogP contribution < -0.4 is 0 Å².